The number of ketones is 1. The van der Waals surface area contributed by atoms with Crippen LogP contribution in [-0.2, 0) is 4.74 Å². The fourth-order valence-corrected chi connectivity index (χ4v) is 2.47. The summed E-state index contributed by atoms with van der Waals surface area (Å²) in [6.07, 6.45) is 0. The molecule has 2 aromatic carbocycles. The predicted octanol–water partition coefficient (Wildman–Crippen LogP) is 2.58. The molecule has 0 saturated carbocycles. The van der Waals surface area contributed by atoms with Gasteiger partial charge in [0, 0.05) is 17.0 Å². The highest BCUT2D eigenvalue weighted by Gasteiger charge is 2.16. The van der Waals surface area contributed by atoms with Crippen molar-refractivity contribution in [1.29, 1.82) is 0 Å². The van der Waals surface area contributed by atoms with Crippen LogP contribution in [0.2, 0.25) is 0 Å². The van der Waals surface area contributed by atoms with E-state index in [-0.39, 0.29) is 11.1 Å². The van der Waals surface area contributed by atoms with Crippen molar-refractivity contribution in [3.63, 3.8) is 0 Å². The van der Waals surface area contributed by atoms with Gasteiger partial charge in [-0.2, -0.15) is 0 Å². The van der Waals surface area contributed by atoms with Gasteiger partial charge in [0.15, 0.2) is 12.0 Å². The van der Waals surface area contributed by atoms with Crippen LogP contribution in [0.15, 0.2) is 59.4 Å². The van der Waals surface area contributed by atoms with Crippen molar-refractivity contribution in [3.05, 3.63) is 76.1 Å². The third kappa shape index (κ3) is 3.42. The van der Waals surface area contributed by atoms with Crippen LogP contribution in [0.1, 0.15) is 20.8 Å². The van der Waals surface area contributed by atoms with E-state index < -0.39 is 18.4 Å². The van der Waals surface area contributed by atoms with Crippen LogP contribution in [0.4, 0.5) is 0 Å². The van der Waals surface area contributed by atoms with E-state index in [4.69, 9.17) is 9.47 Å². The molecule has 0 aliphatic rings. The molecule has 0 spiro atoms. The summed E-state index contributed by atoms with van der Waals surface area (Å²) in [5.74, 6) is -0.761. The minimum absolute atomic E-state index is 0.00322. The van der Waals surface area contributed by atoms with Crippen molar-refractivity contribution < 1.29 is 19.1 Å². The maximum atomic E-state index is 12.2. The highest BCUT2D eigenvalue weighted by atomic mass is 16.5. The molecule has 0 atom stereocenters. The van der Waals surface area contributed by atoms with Crippen molar-refractivity contribution in [2.75, 3.05) is 13.7 Å². The van der Waals surface area contributed by atoms with E-state index in [0.717, 1.165) is 6.07 Å². The fourth-order valence-electron chi connectivity index (χ4n) is 2.47. The van der Waals surface area contributed by atoms with E-state index >= 15 is 0 Å². The Labute approximate surface area is 143 Å². The Morgan fingerprint density at radius 1 is 1.04 bits per heavy atom. The van der Waals surface area contributed by atoms with Crippen LogP contribution in [0.25, 0.3) is 10.9 Å². The second kappa shape index (κ2) is 7.00. The number of methoxy groups -OCH3 is 1. The lowest BCUT2D eigenvalue weighted by atomic mass is 10.1. The van der Waals surface area contributed by atoms with Crippen LogP contribution >= 0.6 is 0 Å². The van der Waals surface area contributed by atoms with Crippen molar-refractivity contribution in [3.8, 4) is 5.75 Å². The summed E-state index contributed by atoms with van der Waals surface area (Å²) >= 11 is 0. The molecule has 0 bridgehead atoms. The zero-order valence-electron chi connectivity index (χ0n) is 13.4. The van der Waals surface area contributed by atoms with Gasteiger partial charge < -0.3 is 14.5 Å². The molecule has 126 valence electrons. The van der Waals surface area contributed by atoms with Gasteiger partial charge in [0.2, 0.25) is 5.78 Å². The zero-order valence-corrected chi connectivity index (χ0v) is 13.4. The number of nitrogens with one attached hydrogen (secondary N) is 1. The Morgan fingerprint density at radius 3 is 2.56 bits per heavy atom. The SMILES string of the molecule is COc1ccccc1C(=O)COC(=O)c1cc(=O)c2ccccc2[nH]1. The summed E-state index contributed by atoms with van der Waals surface area (Å²) in [6.45, 7) is -0.450. The highest BCUT2D eigenvalue weighted by molar-refractivity contribution is 6.01. The minimum Gasteiger partial charge on any atom is -0.496 e. The number of rotatable bonds is 5. The number of para-hydroxylation sites is 2. The third-order valence-corrected chi connectivity index (χ3v) is 3.70. The lowest BCUT2D eigenvalue weighted by molar-refractivity contribution is 0.0468. The van der Waals surface area contributed by atoms with Gasteiger partial charge in [-0.1, -0.05) is 24.3 Å². The normalized spacial score (nSPS) is 10.4. The van der Waals surface area contributed by atoms with Gasteiger partial charge in [-0.15, -0.1) is 0 Å². The monoisotopic (exact) mass is 337 g/mol. The Kier molecular flexibility index (Phi) is 4.61. The Bertz CT molecular complexity index is 1010. The highest BCUT2D eigenvalue weighted by Crippen LogP contribution is 2.18. The second-order valence-corrected chi connectivity index (χ2v) is 5.29. The molecule has 0 aliphatic heterocycles. The summed E-state index contributed by atoms with van der Waals surface area (Å²) < 4.78 is 10.1. The molecule has 6 nitrogen and oxygen atoms in total. The number of H-pyrrole nitrogens is 1. The van der Waals surface area contributed by atoms with Crippen LogP contribution in [0.3, 0.4) is 0 Å². The number of esters is 1. The molecule has 3 rings (SSSR count). The topological polar surface area (TPSA) is 85.5 Å². The Morgan fingerprint density at radius 2 is 1.76 bits per heavy atom. The molecule has 0 fully saturated rings. The number of carbonyl (C=O) groups excluding carboxylic acids is 2. The molecule has 0 saturated heterocycles. The first-order valence-corrected chi connectivity index (χ1v) is 7.55. The molecule has 1 N–H and O–H groups in total. The van der Waals surface area contributed by atoms with E-state index in [9.17, 15) is 14.4 Å². The summed E-state index contributed by atoms with van der Waals surface area (Å²) in [5, 5.41) is 0.476. The zero-order chi connectivity index (χ0) is 17.8. The minimum atomic E-state index is -0.772. The number of hydrogen-bond donors (Lipinski definition) is 1. The van der Waals surface area contributed by atoms with E-state index in [0.29, 0.717) is 22.2 Å². The summed E-state index contributed by atoms with van der Waals surface area (Å²) in [7, 11) is 1.46. The molecule has 1 aromatic heterocycles. The van der Waals surface area contributed by atoms with Crippen LogP contribution in [0, 0.1) is 0 Å². The number of pyridine rings is 1. The van der Waals surface area contributed by atoms with Crippen molar-refractivity contribution >= 4 is 22.7 Å². The number of Topliss-reactive ketones (excluding diaryl/α,β-unsaturated/α-hetero) is 1. The number of ether oxygens (including phenoxy) is 2. The lowest BCUT2D eigenvalue weighted by Crippen LogP contribution is -2.17. The van der Waals surface area contributed by atoms with Gasteiger partial charge in [0.25, 0.3) is 0 Å². The van der Waals surface area contributed by atoms with Crippen molar-refractivity contribution in [2.24, 2.45) is 0 Å². The van der Waals surface area contributed by atoms with Crippen molar-refractivity contribution in [1.82, 2.24) is 4.98 Å². The summed E-state index contributed by atoms with van der Waals surface area (Å²) in [5.41, 5.74) is 0.552. The molecular weight excluding hydrogens is 322 g/mol. The maximum absolute atomic E-state index is 12.2. The average Bonchev–Trinajstić information content (AvgIpc) is 2.65. The molecule has 3 aromatic rings. The molecule has 25 heavy (non-hydrogen) atoms. The van der Waals surface area contributed by atoms with Gasteiger partial charge in [-0.25, -0.2) is 4.79 Å². The quantitative estimate of drug-likeness (QED) is 0.571. The smallest absolute Gasteiger partial charge is 0.355 e. The molecule has 1 heterocycles. The summed E-state index contributed by atoms with van der Waals surface area (Å²) in [6, 6.07) is 14.7. The van der Waals surface area contributed by atoms with Crippen LogP contribution in [0.5, 0.6) is 5.75 Å². The number of carbonyl (C=O) groups is 2. The lowest BCUT2D eigenvalue weighted by Gasteiger charge is -2.08. The molecular formula is C19H15NO5. The standard InChI is InChI=1S/C19H15NO5/c1-24-18-9-5-3-7-13(18)17(22)11-25-19(23)15-10-16(21)12-6-2-4-8-14(12)20-15/h2-10H,11H2,1H3,(H,20,21). The van der Waals surface area contributed by atoms with Crippen molar-refractivity contribution in [2.45, 2.75) is 0 Å². The second-order valence-electron chi connectivity index (χ2n) is 5.29. The summed E-state index contributed by atoms with van der Waals surface area (Å²) in [4.78, 5) is 39.2. The molecule has 0 aliphatic carbocycles. The van der Waals surface area contributed by atoms with Gasteiger partial charge in [-0.05, 0) is 24.3 Å². The number of aromatic amines is 1. The number of fused-ring (bicyclic) bond motifs is 1. The van der Waals surface area contributed by atoms with Gasteiger partial charge in [0.1, 0.15) is 11.4 Å². The van der Waals surface area contributed by atoms with E-state index in [1.54, 1.807) is 48.5 Å². The average molecular weight is 337 g/mol. The Balaban J connectivity index is 1.77. The van der Waals surface area contributed by atoms with Gasteiger partial charge in [-0.3, -0.25) is 9.59 Å². The fraction of sp³-hybridized carbons (Fsp3) is 0.105. The molecule has 0 radical (unpaired) electrons. The van der Waals surface area contributed by atoms with E-state index in [1.807, 2.05) is 0 Å². The van der Waals surface area contributed by atoms with Crippen LogP contribution < -0.4 is 10.2 Å². The number of hydrogen-bond acceptors (Lipinski definition) is 5. The number of aromatic nitrogens is 1. The predicted molar refractivity (Wildman–Crippen MR) is 92.2 cm³/mol. The molecule has 6 heteroatoms. The first-order chi connectivity index (χ1) is 12.1. The third-order valence-electron chi connectivity index (χ3n) is 3.70. The largest absolute Gasteiger partial charge is 0.496 e. The molecule has 0 amide bonds. The molecule has 0 unspecified atom stereocenters. The number of benzene rings is 2. The first-order valence-electron chi connectivity index (χ1n) is 7.55. The van der Waals surface area contributed by atoms with Crippen LogP contribution in [-0.4, -0.2) is 30.5 Å². The van der Waals surface area contributed by atoms with Gasteiger partial charge in [0.05, 0.1) is 12.7 Å². The van der Waals surface area contributed by atoms with E-state index in [2.05, 4.69) is 4.98 Å². The first kappa shape index (κ1) is 16.4. The maximum Gasteiger partial charge on any atom is 0.355 e. The van der Waals surface area contributed by atoms with E-state index in [1.165, 1.54) is 7.11 Å². The van der Waals surface area contributed by atoms with Gasteiger partial charge >= 0.3 is 5.97 Å². The Hall–Kier alpha value is -3.41.